The third-order valence-corrected chi connectivity index (χ3v) is 6.10. The predicted octanol–water partition coefficient (Wildman–Crippen LogP) is 2.90. The van der Waals surface area contributed by atoms with E-state index in [1.54, 1.807) is 21.5 Å². The number of fused-ring (bicyclic) bond motifs is 1. The van der Waals surface area contributed by atoms with E-state index >= 15 is 0 Å². The molecule has 168 valence electrons. The molecular formula is C24H25N7O2. The van der Waals surface area contributed by atoms with Crippen LogP contribution in [0.15, 0.2) is 53.5 Å². The first-order valence-electron chi connectivity index (χ1n) is 11.1. The molecule has 0 spiro atoms. The van der Waals surface area contributed by atoms with E-state index in [9.17, 15) is 9.59 Å². The van der Waals surface area contributed by atoms with Crippen LogP contribution in [-0.4, -0.2) is 41.5 Å². The Morgan fingerprint density at radius 2 is 1.76 bits per heavy atom. The molecular weight excluding hydrogens is 418 g/mol. The van der Waals surface area contributed by atoms with Gasteiger partial charge in [-0.3, -0.25) is 14.6 Å². The summed E-state index contributed by atoms with van der Waals surface area (Å²) in [6.07, 6.45) is 4.53. The fraction of sp³-hybridized carbons (Fsp3) is 0.333. The number of nitrogens with zero attached hydrogens (tertiary/aromatic N) is 6. The maximum atomic E-state index is 12.7. The van der Waals surface area contributed by atoms with E-state index in [-0.39, 0.29) is 23.6 Å². The van der Waals surface area contributed by atoms with Gasteiger partial charge in [0.1, 0.15) is 5.69 Å². The van der Waals surface area contributed by atoms with Crippen molar-refractivity contribution in [1.82, 2.24) is 34.8 Å². The molecule has 3 heterocycles. The molecule has 3 aromatic heterocycles. The highest BCUT2D eigenvalue weighted by atomic mass is 16.2. The third-order valence-electron chi connectivity index (χ3n) is 6.10. The summed E-state index contributed by atoms with van der Waals surface area (Å²) in [6, 6.07) is 12.7. The normalized spacial score (nSPS) is 18.4. The molecule has 9 nitrogen and oxygen atoms in total. The van der Waals surface area contributed by atoms with Crippen molar-refractivity contribution < 1.29 is 4.79 Å². The average Bonchev–Trinajstić information content (AvgIpc) is 3.17. The number of benzene rings is 1. The number of nitrogens with one attached hydrogen (secondary N) is 1. The molecule has 1 aliphatic carbocycles. The molecule has 0 atom stereocenters. The van der Waals surface area contributed by atoms with Gasteiger partial charge in [0.25, 0.3) is 11.5 Å². The number of aryl methyl sites for hydroxylation is 2. The van der Waals surface area contributed by atoms with Crippen LogP contribution in [0.25, 0.3) is 16.9 Å². The minimum Gasteiger partial charge on any atom is -0.348 e. The summed E-state index contributed by atoms with van der Waals surface area (Å²) in [4.78, 5) is 34.0. The summed E-state index contributed by atoms with van der Waals surface area (Å²) in [6.45, 7) is 3.89. The molecule has 4 aromatic rings. The molecule has 1 aromatic carbocycles. The van der Waals surface area contributed by atoms with Crippen molar-refractivity contribution >= 4 is 16.9 Å². The summed E-state index contributed by atoms with van der Waals surface area (Å²) < 4.78 is 3.32. The Morgan fingerprint density at radius 1 is 1.00 bits per heavy atom. The van der Waals surface area contributed by atoms with Gasteiger partial charge >= 0.3 is 0 Å². The van der Waals surface area contributed by atoms with Gasteiger partial charge in [-0.1, -0.05) is 12.1 Å². The van der Waals surface area contributed by atoms with Crippen molar-refractivity contribution in [3.8, 4) is 5.82 Å². The second-order valence-electron chi connectivity index (χ2n) is 8.54. The van der Waals surface area contributed by atoms with Crippen LogP contribution >= 0.6 is 0 Å². The first-order chi connectivity index (χ1) is 16.0. The number of aromatic nitrogens is 6. The maximum absolute atomic E-state index is 12.7. The molecule has 33 heavy (non-hydrogen) atoms. The predicted molar refractivity (Wildman–Crippen MR) is 123 cm³/mol. The molecule has 1 amide bonds. The van der Waals surface area contributed by atoms with Crippen LogP contribution in [0.5, 0.6) is 0 Å². The molecule has 0 aliphatic heterocycles. The lowest BCUT2D eigenvalue weighted by Crippen LogP contribution is -2.40. The molecule has 1 aliphatic rings. The lowest BCUT2D eigenvalue weighted by Gasteiger charge is -2.29. The number of carbonyl (C=O) groups excluding carboxylic acids is 1. The van der Waals surface area contributed by atoms with Crippen molar-refractivity contribution in [2.24, 2.45) is 0 Å². The topological polar surface area (TPSA) is 108 Å². The maximum Gasteiger partial charge on any atom is 0.271 e. The minimum atomic E-state index is -0.224. The first kappa shape index (κ1) is 21.0. The largest absolute Gasteiger partial charge is 0.348 e. The van der Waals surface area contributed by atoms with Crippen molar-refractivity contribution in [2.75, 3.05) is 0 Å². The standard InChI is InChI=1S/C24H25N7O2/c1-15-13-16(2)30(28-15)22-11-12-23(32)31(29-22)18-9-7-17(8-10-18)26-24(33)21-14-25-19-5-3-4-6-20(19)27-21/h3-6,11-14,17-18H,7-10H2,1-2H3,(H,26,33). The molecule has 9 heteroatoms. The quantitative estimate of drug-likeness (QED) is 0.520. The van der Waals surface area contributed by atoms with Crippen LogP contribution < -0.4 is 10.9 Å². The molecule has 1 saturated carbocycles. The second-order valence-corrected chi connectivity index (χ2v) is 8.54. The van der Waals surface area contributed by atoms with E-state index in [4.69, 9.17) is 0 Å². The van der Waals surface area contributed by atoms with Crippen molar-refractivity contribution in [3.05, 3.63) is 76.1 Å². The van der Waals surface area contributed by atoms with Gasteiger partial charge in [-0.05, 0) is 63.8 Å². The van der Waals surface area contributed by atoms with Gasteiger partial charge in [0.2, 0.25) is 0 Å². The van der Waals surface area contributed by atoms with E-state index in [1.165, 1.54) is 6.20 Å². The SMILES string of the molecule is Cc1cc(C)n(-c2ccc(=O)n(C3CCC(NC(=O)c4cnc5ccccc5n4)CC3)n2)n1. The van der Waals surface area contributed by atoms with Gasteiger partial charge in [0.05, 0.1) is 29.0 Å². The zero-order chi connectivity index (χ0) is 22.9. The molecule has 1 fully saturated rings. The second kappa shape index (κ2) is 8.57. The first-order valence-corrected chi connectivity index (χ1v) is 11.1. The zero-order valence-corrected chi connectivity index (χ0v) is 18.6. The Kier molecular flexibility index (Phi) is 5.45. The third kappa shape index (κ3) is 4.26. The molecule has 0 radical (unpaired) electrons. The van der Waals surface area contributed by atoms with E-state index in [1.807, 2.05) is 44.2 Å². The van der Waals surface area contributed by atoms with Gasteiger partial charge in [-0.15, -0.1) is 5.10 Å². The summed E-state index contributed by atoms with van der Waals surface area (Å²) in [5.74, 6) is 0.407. The Bertz CT molecular complexity index is 1380. The summed E-state index contributed by atoms with van der Waals surface area (Å²) in [5.41, 5.74) is 3.51. The van der Waals surface area contributed by atoms with Crippen LogP contribution in [-0.2, 0) is 0 Å². The highest BCUT2D eigenvalue weighted by Crippen LogP contribution is 2.27. The van der Waals surface area contributed by atoms with Gasteiger partial charge in [-0.25, -0.2) is 14.3 Å². The Hall–Kier alpha value is -3.88. The van der Waals surface area contributed by atoms with Crippen molar-refractivity contribution in [2.45, 2.75) is 51.6 Å². The molecule has 5 rings (SSSR count). The fourth-order valence-corrected chi connectivity index (χ4v) is 4.44. The van der Waals surface area contributed by atoms with Gasteiger partial charge < -0.3 is 5.32 Å². The van der Waals surface area contributed by atoms with E-state index in [0.717, 1.165) is 42.6 Å². The summed E-state index contributed by atoms with van der Waals surface area (Å²) in [7, 11) is 0. The van der Waals surface area contributed by atoms with Crippen LogP contribution in [0.3, 0.4) is 0 Å². The van der Waals surface area contributed by atoms with Crippen LogP contribution in [0, 0.1) is 13.8 Å². The Morgan fingerprint density at radius 3 is 2.48 bits per heavy atom. The number of hydrogen-bond acceptors (Lipinski definition) is 6. The van der Waals surface area contributed by atoms with E-state index in [2.05, 4.69) is 25.5 Å². The monoisotopic (exact) mass is 443 g/mol. The van der Waals surface area contributed by atoms with Crippen LogP contribution in [0.4, 0.5) is 0 Å². The molecule has 0 unspecified atom stereocenters. The highest BCUT2D eigenvalue weighted by Gasteiger charge is 2.26. The average molecular weight is 444 g/mol. The number of hydrogen-bond donors (Lipinski definition) is 1. The lowest BCUT2D eigenvalue weighted by atomic mass is 9.91. The highest BCUT2D eigenvalue weighted by molar-refractivity contribution is 5.93. The molecule has 0 saturated heterocycles. The molecule has 1 N–H and O–H groups in total. The van der Waals surface area contributed by atoms with Gasteiger partial charge in [-0.2, -0.15) is 5.10 Å². The van der Waals surface area contributed by atoms with Gasteiger partial charge in [0, 0.05) is 17.8 Å². The molecule has 0 bridgehead atoms. The van der Waals surface area contributed by atoms with Crippen LogP contribution in [0.2, 0.25) is 0 Å². The van der Waals surface area contributed by atoms with Crippen molar-refractivity contribution in [3.63, 3.8) is 0 Å². The lowest BCUT2D eigenvalue weighted by molar-refractivity contribution is 0.0916. The summed E-state index contributed by atoms with van der Waals surface area (Å²) >= 11 is 0. The minimum absolute atomic E-state index is 0.0111. The zero-order valence-electron chi connectivity index (χ0n) is 18.6. The van der Waals surface area contributed by atoms with Gasteiger partial charge in [0.15, 0.2) is 5.82 Å². The van der Waals surface area contributed by atoms with Crippen molar-refractivity contribution in [1.29, 1.82) is 0 Å². The number of rotatable bonds is 4. The summed E-state index contributed by atoms with van der Waals surface area (Å²) in [5, 5.41) is 12.1. The van der Waals surface area contributed by atoms with E-state index < -0.39 is 0 Å². The van der Waals surface area contributed by atoms with Crippen LogP contribution in [0.1, 0.15) is 53.6 Å². The van der Waals surface area contributed by atoms with E-state index in [0.29, 0.717) is 17.0 Å². The smallest absolute Gasteiger partial charge is 0.271 e. The fourth-order valence-electron chi connectivity index (χ4n) is 4.44. The Labute approximate surface area is 190 Å². The Balaban J connectivity index is 1.26. The number of amides is 1. The number of para-hydroxylation sites is 2. The number of carbonyl (C=O) groups is 1.